The van der Waals surface area contributed by atoms with Crippen LogP contribution in [-0.2, 0) is 10.0 Å². The summed E-state index contributed by atoms with van der Waals surface area (Å²) in [6.45, 7) is 1.60. The Kier molecular flexibility index (Phi) is 3.19. The third-order valence-corrected chi connectivity index (χ3v) is 3.54. The van der Waals surface area contributed by atoms with Gasteiger partial charge in [0.05, 0.1) is 4.90 Å². The third kappa shape index (κ3) is 2.59. The highest BCUT2D eigenvalue weighted by Gasteiger charge is 2.17. The molecular formula is C10H12N4O3S. The molecule has 0 aliphatic carbocycles. The van der Waals surface area contributed by atoms with Gasteiger partial charge in [-0.05, 0) is 31.2 Å². The van der Waals surface area contributed by atoms with E-state index in [0.29, 0.717) is 5.82 Å². The minimum absolute atomic E-state index is 0.123. The predicted octanol–water partition coefficient (Wildman–Crippen LogP) is 1.22. The smallest absolute Gasteiger partial charge is 0.335 e. The molecule has 18 heavy (non-hydrogen) atoms. The van der Waals surface area contributed by atoms with Crippen LogP contribution < -0.4 is 10.0 Å². The summed E-state index contributed by atoms with van der Waals surface area (Å²) in [5.74, 6) is 0.359. The van der Waals surface area contributed by atoms with Crippen LogP contribution in [0.15, 0.2) is 33.7 Å². The SMILES string of the molecule is CNc1ccc(S(=O)(=O)Nc2nc(C)no2)cc1. The molecule has 2 N–H and O–H groups in total. The van der Waals surface area contributed by atoms with Crippen LogP contribution in [0.25, 0.3) is 0 Å². The van der Waals surface area contributed by atoms with E-state index in [4.69, 9.17) is 4.52 Å². The lowest BCUT2D eigenvalue weighted by atomic mass is 10.3. The standard InChI is InChI=1S/C10H12N4O3S/c1-7-12-10(17-13-7)14-18(15,16)9-5-3-8(11-2)4-6-9/h3-6,11H,1-2H3,(H,12,13,14). The lowest BCUT2D eigenvalue weighted by Crippen LogP contribution is -2.13. The summed E-state index contributed by atoms with van der Waals surface area (Å²) in [6, 6.07) is 6.14. The van der Waals surface area contributed by atoms with Gasteiger partial charge in [0.1, 0.15) is 0 Å². The number of nitrogens with one attached hydrogen (secondary N) is 2. The van der Waals surface area contributed by atoms with Gasteiger partial charge in [-0.1, -0.05) is 5.16 Å². The van der Waals surface area contributed by atoms with Gasteiger partial charge in [-0.25, -0.2) is 13.1 Å². The minimum atomic E-state index is -3.70. The molecule has 0 radical (unpaired) electrons. The average Bonchev–Trinajstić information content (AvgIpc) is 2.74. The molecule has 2 aromatic rings. The summed E-state index contributed by atoms with van der Waals surface area (Å²) < 4.78 is 30.8. The zero-order valence-corrected chi connectivity index (χ0v) is 10.7. The lowest BCUT2D eigenvalue weighted by molar-refractivity contribution is 0.429. The fourth-order valence-electron chi connectivity index (χ4n) is 1.31. The van der Waals surface area contributed by atoms with Gasteiger partial charge in [0.25, 0.3) is 10.0 Å². The number of nitrogens with zero attached hydrogens (tertiary/aromatic N) is 2. The van der Waals surface area contributed by atoms with Crippen molar-refractivity contribution in [3.05, 3.63) is 30.1 Å². The van der Waals surface area contributed by atoms with E-state index in [-0.39, 0.29) is 10.9 Å². The molecule has 0 atom stereocenters. The Hall–Kier alpha value is -2.09. The quantitative estimate of drug-likeness (QED) is 0.865. The Balaban J connectivity index is 2.24. The van der Waals surface area contributed by atoms with E-state index >= 15 is 0 Å². The van der Waals surface area contributed by atoms with Crippen LogP contribution in [0.2, 0.25) is 0 Å². The maximum absolute atomic E-state index is 12.0. The summed E-state index contributed by atoms with van der Waals surface area (Å²) in [5, 5.41) is 6.40. The van der Waals surface area contributed by atoms with Gasteiger partial charge in [-0.3, -0.25) is 0 Å². The van der Waals surface area contributed by atoms with Crippen molar-refractivity contribution < 1.29 is 12.9 Å². The first-order valence-corrected chi connectivity index (χ1v) is 6.60. The third-order valence-electron chi connectivity index (χ3n) is 2.20. The number of hydrogen-bond donors (Lipinski definition) is 2. The first-order valence-electron chi connectivity index (χ1n) is 5.12. The molecule has 0 aliphatic rings. The van der Waals surface area contributed by atoms with Gasteiger partial charge < -0.3 is 9.84 Å². The highest BCUT2D eigenvalue weighted by atomic mass is 32.2. The van der Waals surface area contributed by atoms with Crippen LogP contribution in [0.5, 0.6) is 0 Å². The van der Waals surface area contributed by atoms with Crippen LogP contribution >= 0.6 is 0 Å². The molecule has 2 rings (SSSR count). The molecule has 0 saturated carbocycles. The molecule has 1 aromatic heterocycles. The van der Waals surface area contributed by atoms with Crippen molar-refractivity contribution in [2.45, 2.75) is 11.8 Å². The van der Waals surface area contributed by atoms with Crippen molar-refractivity contribution in [3.8, 4) is 0 Å². The molecule has 0 saturated heterocycles. The summed E-state index contributed by atoms with van der Waals surface area (Å²) >= 11 is 0. The number of hydrogen-bond acceptors (Lipinski definition) is 6. The van der Waals surface area contributed by atoms with Crippen molar-refractivity contribution in [1.82, 2.24) is 10.1 Å². The molecule has 96 valence electrons. The highest BCUT2D eigenvalue weighted by Crippen LogP contribution is 2.16. The number of rotatable bonds is 4. The minimum Gasteiger partial charge on any atom is -0.388 e. The second kappa shape index (κ2) is 4.65. The average molecular weight is 268 g/mol. The number of benzene rings is 1. The molecule has 1 heterocycles. The first-order chi connectivity index (χ1) is 8.51. The van der Waals surface area contributed by atoms with Gasteiger partial charge >= 0.3 is 6.01 Å². The number of anilines is 2. The molecule has 0 aliphatic heterocycles. The van der Waals surface area contributed by atoms with E-state index in [9.17, 15) is 8.42 Å². The molecular weight excluding hydrogens is 256 g/mol. The zero-order valence-electron chi connectivity index (χ0n) is 9.84. The molecule has 1 aromatic carbocycles. The maximum Gasteiger partial charge on any atom is 0.335 e. The number of sulfonamides is 1. The lowest BCUT2D eigenvalue weighted by Gasteiger charge is -2.05. The van der Waals surface area contributed by atoms with E-state index in [2.05, 4.69) is 20.2 Å². The predicted molar refractivity (Wildman–Crippen MR) is 65.8 cm³/mol. The van der Waals surface area contributed by atoms with Crippen LogP contribution in [0.3, 0.4) is 0 Å². The molecule has 0 bridgehead atoms. The molecule has 0 amide bonds. The topological polar surface area (TPSA) is 97.1 Å². The van der Waals surface area contributed by atoms with Crippen LogP contribution in [0.1, 0.15) is 5.82 Å². The second-order valence-corrected chi connectivity index (χ2v) is 5.21. The maximum atomic E-state index is 12.0. The van der Waals surface area contributed by atoms with Gasteiger partial charge in [0, 0.05) is 12.7 Å². The van der Waals surface area contributed by atoms with Crippen LogP contribution in [0.4, 0.5) is 11.7 Å². The van der Waals surface area contributed by atoms with E-state index < -0.39 is 10.0 Å². The molecule has 0 unspecified atom stereocenters. The first kappa shape index (κ1) is 12.4. The van der Waals surface area contributed by atoms with Gasteiger partial charge in [0.2, 0.25) is 0 Å². The number of aromatic nitrogens is 2. The fourth-order valence-corrected chi connectivity index (χ4v) is 2.24. The largest absolute Gasteiger partial charge is 0.388 e. The van der Waals surface area contributed by atoms with Crippen LogP contribution in [-0.4, -0.2) is 25.6 Å². The monoisotopic (exact) mass is 268 g/mol. The van der Waals surface area contributed by atoms with Gasteiger partial charge in [-0.15, -0.1) is 0 Å². The van der Waals surface area contributed by atoms with Crippen LogP contribution in [0, 0.1) is 6.92 Å². The highest BCUT2D eigenvalue weighted by molar-refractivity contribution is 7.92. The van der Waals surface area contributed by atoms with Crippen molar-refractivity contribution in [1.29, 1.82) is 0 Å². The summed E-state index contributed by atoms with van der Waals surface area (Å²) in [5.41, 5.74) is 0.822. The van der Waals surface area contributed by atoms with E-state index in [1.807, 2.05) is 0 Å². The van der Waals surface area contributed by atoms with Crippen molar-refractivity contribution in [2.24, 2.45) is 0 Å². The van der Waals surface area contributed by atoms with E-state index in [1.54, 1.807) is 26.1 Å². The van der Waals surface area contributed by atoms with E-state index in [1.165, 1.54) is 12.1 Å². The Morgan fingerprint density at radius 2 is 1.89 bits per heavy atom. The van der Waals surface area contributed by atoms with Gasteiger partial charge in [0.15, 0.2) is 5.82 Å². The molecule has 0 spiro atoms. The van der Waals surface area contributed by atoms with E-state index in [0.717, 1.165) is 5.69 Å². The summed E-state index contributed by atoms with van der Waals surface area (Å²) in [6.07, 6.45) is 0. The number of aryl methyl sites for hydroxylation is 1. The second-order valence-electron chi connectivity index (χ2n) is 3.53. The molecule has 0 fully saturated rings. The van der Waals surface area contributed by atoms with Crippen molar-refractivity contribution >= 4 is 21.7 Å². The Bertz CT molecular complexity index is 633. The summed E-state index contributed by atoms with van der Waals surface area (Å²) in [7, 11) is -1.95. The Labute approximate surface area is 104 Å². The van der Waals surface area contributed by atoms with Crippen molar-refractivity contribution in [3.63, 3.8) is 0 Å². The Morgan fingerprint density at radius 1 is 1.22 bits per heavy atom. The fraction of sp³-hybridized carbons (Fsp3) is 0.200. The summed E-state index contributed by atoms with van der Waals surface area (Å²) in [4.78, 5) is 3.90. The Morgan fingerprint density at radius 3 is 2.39 bits per heavy atom. The van der Waals surface area contributed by atoms with Crippen molar-refractivity contribution in [2.75, 3.05) is 17.1 Å². The van der Waals surface area contributed by atoms with Gasteiger partial charge in [-0.2, -0.15) is 4.98 Å². The zero-order chi connectivity index (χ0) is 13.2. The molecule has 7 nitrogen and oxygen atoms in total. The molecule has 8 heteroatoms. The normalized spacial score (nSPS) is 11.2.